The molecule has 154 valence electrons. The maximum Gasteiger partial charge on any atom is 0.300 e. The average molecular weight is 399 g/mol. The lowest BCUT2D eigenvalue weighted by molar-refractivity contribution is -0.134. The van der Waals surface area contributed by atoms with E-state index in [0.29, 0.717) is 13.2 Å². The molecule has 2 aromatic carbocycles. The number of carbonyl (C=O) groups excluding carboxylic acids is 2. The summed E-state index contributed by atoms with van der Waals surface area (Å²) in [4.78, 5) is 33.2. The monoisotopic (exact) mass is 399 g/mol. The number of para-hydroxylation sites is 1. The Morgan fingerprint density at radius 1 is 1.21 bits per heavy atom. The van der Waals surface area contributed by atoms with Crippen molar-refractivity contribution in [2.24, 2.45) is 5.73 Å². The highest BCUT2D eigenvalue weighted by molar-refractivity contribution is 5.95. The van der Waals surface area contributed by atoms with E-state index in [2.05, 4.69) is 10.6 Å². The van der Waals surface area contributed by atoms with Crippen LogP contribution in [0.1, 0.15) is 30.5 Å². The summed E-state index contributed by atoms with van der Waals surface area (Å²) in [6.07, 6.45) is 0.492. The summed E-state index contributed by atoms with van der Waals surface area (Å²) in [6, 6.07) is 14.6. The molecule has 0 radical (unpaired) electrons. The first-order valence-electron chi connectivity index (χ1n) is 9.18. The fourth-order valence-electron chi connectivity index (χ4n) is 2.85. The van der Waals surface area contributed by atoms with Crippen molar-refractivity contribution < 1.29 is 24.2 Å². The number of nitrogens with one attached hydrogen (secondary N) is 2. The normalized spacial score (nSPS) is 14.6. The van der Waals surface area contributed by atoms with Gasteiger partial charge in [0.1, 0.15) is 12.4 Å². The molecule has 29 heavy (non-hydrogen) atoms. The van der Waals surface area contributed by atoms with Crippen LogP contribution in [0.15, 0.2) is 48.5 Å². The van der Waals surface area contributed by atoms with Crippen LogP contribution in [0, 0.1) is 0 Å². The molecule has 1 heterocycles. The van der Waals surface area contributed by atoms with Crippen LogP contribution in [-0.4, -0.2) is 36.0 Å². The molecule has 1 unspecified atom stereocenters. The van der Waals surface area contributed by atoms with E-state index in [1.807, 2.05) is 48.5 Å². The molecule has 0 aromatic heterocycles. The summed E-state index contributed by atoms with van der Waals surface area (Å²) < 4.78 is 5.42. The topological polar surface area (TPSA) is 131 Å². The molecule has 1 aliphatic heterocycles. The van der Waals surface area contributed by atoms with Crippen LogP contribution >= 0.6 is 0 Å². The third-order valence-electron chi connectivity index (χ3n) is 4.01. The second kappa shape index (κ2) is 10.8. The number of nitrogens with two attached hydrogens (primary N) is 1. The molecule has 0 aliphatic carbocycles. The number of fused-ring (bicyclic) bond motifs is 1. The van der Waals surface area contributed by atoms with Crippen molar-refractivity contribution in [2.45, 2.75) is 25.8 Å². The number of hydrogen-bond donors (Lipinski definition) is 4. The molecule has 1 aliphatic rings. The van der Waals surface area contributed by atoms with E-state index in [0.717, 1.165) is 29.5 Å². The first kappa shape index (κ1) is 21.9. The van der Waals surface area contributed by atoms with Gasteiger partial charge in [0.15, 0.2) is 0 Å². The van der Waals surface area contributed by atoms with Crippen LogP contribution in [0.25, 0.3) is 0 Å². The van der Waals surface area contributed by atoms with E-state index >= 15 is 0 Å². The van der Waals surface area contributed by atoms with Crippen molar-refractivity contribution in [3.63, 3.8) is 0 Å². The number of ether oxygens (including phenoxy) is 1. The first-order chi connectivity index (χ1) is 13.9. The molecule has 0 saturated heterocycles. The van der Waals surface area contributed by atoms with Gasteiger partial charge in [-0.05, 0) is 29.3 Å². The number of hydrogen-bond acceptors (Lipinski definition) is 5. The molecule has 8 heteroatoms. The van der Waals surface area contributed by atoms with E-state index in [1.165, 1.54) is 0 Å². The van der Waals surface area contributed by atoms with Gasteiger partial charge in [0.2, 0.25) is 11.8 Å². The largest absolute Gasteiger partial charge is 0.492 e. The van der Waals surface area contributed by atoms with Gasteiger partial charge in [-0.2, -0.15) is 0 Å². The number of rotatable bonds is 6. The summed E-state index contributed by atoms with van der Waals surface area (Å²) in [6.45, 7) is 2.00. The maximum absolute atomic E-state index is 12.4. The van der Waals surface area contributed by atoms with E-state index in [1.54, 1.807) is 0 Å². The molecular weight excluding hydrogens is 374 g/mol. The van der Waals surface area contributed by atoms with Crippen molar-refractivity contribution in [3.8, 4) is 5.75 Å². The molecule has 2 aromatic rings. The predicted molar refractivity (Wildman–Crippen MR) is 109 cm³/mol. The average Bonchev–Trinajstić information content (AvgIpc) is 2.67. The number of carboxylic acids is 1. The van der Waals surface area contributed by atoms with E-state index in [9.17, 15) is 9.59 Å². The molecule has 0 saturated carbocycles. The van der Waals surface area contributed by atoms with Gasteiger partial charge >= 0.3 is 0 Å². The predicted octanol–water partition coefficient (Wildman–Crippen LogP) is 1.86. The van der Waals surface area contributed by atoms with Crippen LogP contribution in [0.2, 0.25) is 0 Å². The van der Waals surface area contributed by atoms with Gasteiger partial charge in [-0.3, -0.25) is 14.4 Å². The van der Waals surface area contributed by atoms with E-state index in [-0.39, 0.29) is 30.7 Å². The Balaban J connectivity index is 0.000000687. The van der Waals surface area contributed by atoms with E-state index < -0.39 is 5.97 Å². The zero-order valence-corrected chi connectivity index (χ0v) is 16.2. The highest BCUT2D eigenvalue weighted by Crippen LogP contribution is 2.30. The minimum absolute atomic E-state index is 0.0922. The Morgan fingerprint density at radius 3 is 2.52 bits per heavy atom. The fourth-order valence-corrected chi connectivity index (χ4v) is 2.85. The zero-order chi connectivity index (χ0) is 21.2. The molecular formula is C21H25N3O5. The SMILES string of the molecule is CC(=O)O.NCCOc1ccc(CC(=O)NC2CC(=O)Nc3ccccc32)cc1. The number of carboxylic acid groups (broad SMARTS) is 1. The molecule has 0 spiro atoms. The standard InChI is InChI=1S/C19H21N3O3.C2H4O2/c20-9-10-25-14-7-5-13(6-8-14)11-18(23)22-17-12-19(24)21-16-4-2-1-3-15(16)17;1-2(3)4/h1-8,17H,9-12,20H2,(H,21,24)(H,22,23);1H3,(H,3,4). The summed E-state index contributed by atoms with van der Waals surface area (Å²) in [5.41, 5.74) is 7.97. The van der Waals surface area contributed by atoms with E-state index in [4.69, 9.17) is 20.4 Å². The quantitative estimate of drug-likeness (QED) is 0.586. The van der Waals surface area contributed by atoms with Crippen molar-refractivity contribution in [1.29, 1.82) is 0 Å². The Kier molecular flexibility index (Phi) is 8.17. The maximum atomic E-state index is 12.4. The minimum Gasteiger partial charge on any atom is -0.492 e. The lowest BCUT2D eigenvalue weighted by Crippen LogP contribution is -2.35. The van der Waals surface area contributed by atoms with Gasteiger partial charge in [0.25, 0.3) is 5.97 Å². The van der Waals surface area contributed by atoms with Gasteiger partial charge in [0.05, 0.1) is 18.9 Å². The Morgan fingerprint density at radius 2 is 1.86 bits per heavy atom. The number of amides is 2. The molecule has 2 amide bonds. The smallest absolute Gasteiger partial charge is 0.300 e. The Bertz CT molecular complexity index is 848. The lowest BCUT2D eigenvalue weighted by atomic mass is 9.97. The van der Waals surface area contributed by atoms with Crippen molar-refractivity contribution in [2.75, 3.05) is 18.5 Å². The number of anilines is 1. The third kappa shape index (κ3) is 7.27. The highest BCUT2D eigenvalue weighted by Gasteiger charge is 2.25. The number of aliphatic carboxylic acids is 1. The van der Waals surface area contributed by atoms with Gasteiger partial charge < -0.3 is 26.2 Å². The first-order valence-corrected chi connectivity index (χ1v) is 9.18. The van der Waals surface area contributed by atoms with Crippen molar-refractivity contribution in [3.05, 3.63) is 59.7 Å². The lowest BCUT2D eigenvalue weighted by Gasteiger charge is -2.26. The summed E-state index contributed by atoms with van der Waals surface area (Å²) in [5, 5.41) is 13.2. The second-order valence-corrected chi connectivity index (χ2v) is 6.44. The summed E-state index contributed by atoms with van der Waals surface area (Å²) in [5.74, 6) is -0.317. The van der Waals surface area contributed by atoms with Crippen molar-refractivity contribution in [1.82, 2.24) is 5.32 Å². The van der Waals surface area contributed by atoms with Crippen molar-refractivity contribution >= 4 is 23.5 Å². The molecule has 0 bridgehead atoms. The van der Waals surface area contributed by atoms with Gasteiger partial charge in [0, 0.05) is 19.2 Å². The van der Waals surface area contributed by atoms with Crippen LogP contribution in [0.4, 0.5) is 5.69 Å². The summed E-state index contributed by atoms with van der Waals surface area (Å²) in [7, 11) is 0. The Labute approximate surface area is 169 Å². The minimum atomic E-state index is -0.833. The third-order valence-corrected chi connectivity index (χ3v) is 4.01. The number of carbonyl (C=O) groups is 3. The Hall–Kier alpha value is -3.39. The molecule has 1 atom stereocenters. The zero-order valence-electron chi connectivity index (χ0n) is 16.2. The molecule has 8 nitrogen and oxygen atoms in total. The highest BCUT2D eigenvalue weighted by atomic mass is 16.5. The molecule has 5 N–H and O–H groups in total. The van der Waals surface area contributed by atoms with Crippen LogP contribution in [-0.2, 0) is 20.8 Å². The van der Waals surface area contributed by atoms with Crippen LogP contribution in [0.3, 0.4) is 0 Å². The fraction of sp³-hybridized carbons (Fsp3) is 0.286. The van der Waals surface area contributed by atoms with Crippen LogP contribution in [0.5, 0.6) is 5.75 Å². The van der Waals surface area contributed by atoms with Gasteiger partial charge in [-0.25, -0.2) is 0 Å². The second-order valence-electron chi connectivity index (χ2n) is 6.44. The van der Waals surface area contributed by atoms with Gasteiger partial charge in [-0.15, -0.1) is 0 Å². The summed E-state index contributed by atoms with van der Waals surface area (Å²) >= 11 is 0. The van der Waals surface area contributed by atoms with Gasteiger partial charge in [-0.1, -0.05) is 30.3 Å². The molecule has 3 rings (SSSR count). The number of benzene rings is 2. The van der Waals surface area contributed by atoms with Crippen LogP contribution < -0.4 is 21.1 Å². The molecule has 0 fully saturated rings.